The number of hydrogen-bond donors (Lipinski definition) is 3. The van der Waals surface area contributed by atoms with Gasteiger partial charge in [-0.05, 0) is 18.9 Å². The molecule has 1 fully saturated rings. The van der Waals surface area contributed by atoms with E-state index in [1.54, 1.807) is 6.07 Å². The lowest BCUT2D eigenvalue weighted by atomic mass is 9.90. The summed E-state index contributed by atoms with van der Waals surface area (Å²) in [5.74, 6) is -1.27. The zero-order valence-electron chi connectivity index (χ0n) is 12.0. The summed E-state index contributed by atoms with van der Waals surface area (Å²) < 4.78 is 13.6. The predicted molar refractivity (Wildman–Crippen MR) is 77.0 cm³/mol. The van der Waals surface area contributed by atoms with Crippen molar-refractivity contribution in [3.05, 3.63) is 35.6 Å². The summed E-state index contributed by atoms with van der Waals surface area (Å²) in [6.45, 7) is -0.164. The fourth-order valence-electron chi connectivity index (χ4n) is 2.90. The second-order valence-electron chi connectivity index (χ2n) is 5.77. The van der Waals surface area contributed by atoms with Gasteiger partial charge in [-0.2, -0.15) is 0 Å². The molecule has 0 saturated heterocycles. The van der Waals surface area contributed by atoms with Crippen LogP contribution in [0.1, 0.15) is 50.2 Å². The molecule has 1 saturated carbocycles. The van der Waals surface area contributed by atoms with Gasteiger partial charge < -0.3 is 15.5 Å². The zero-order valence-corrected chi connectivity index (χ0v) is 12.0. The summed E-state index contributed by atoms with van der Waals surface area (Å²) in [5.41, 5.74) is -0.739. The highest BCUT2D eigenvalue weighted by Gasteiger charge is 2.34. The first-order valence-electron chi connectivity index (χ1n) is 7.43. The van der Waals surface area contributed by atoms with Gasteiger partial charge in [-0.25, -0.2) is 4.39 Å². The number of rotatable bonds is 4. The number of carbonyl (C=O) groups is 1. The second-order valence-corrected chi connectivity index (χ2v) is 5.77. The smallest absolute Gasteiger partial charge is 0.254 e. The Morgan fingerprint density at radius 3 is 2.43 bits per heavy atom. The molecule has 116 valence electrons. The van der Waals surface area contributed by atoms with Crippen molar-refractivity contribution in [3.63, 3.8) is 0 Å². The first-order valence-corrected chi connectivity index (χ1v) is 7.43. The molecule has 0 aromatic heterocycles. The lowest BCUT2D eigenvalue weighted by Crippen LogP contribution is -2.52. The predicted octanol–water partition coefficient (Wildman–Crippen LogP) is 2.06. The van der Waals surface area contributed by atoms with Gasteiger partial charge in [-0.1, -0.05) is 43.9 Å². The van der Waals surface area contributed by atoms with Crippen LogP contribution in [0, 0.1) is 5.82 Å². The molecule has 1 atom stereocenters. The van der Waals surface area contributed by atoms with Gasteiger partial charge in [0, 0.05) is 5.56 Å². The van der Waals surface area contributed by atoms with Crippen molar-refractivity contribution in [2.45, 2.75) is 50.2 Å². The fraction of sp³-hybridized carbons (Fsp3) is 0.562. The van der Waals surface area contributed by atoms with Crippen molar-refractivity contribution in [2.75, 3.05) is 6.61 Å². The minimum Gasteiger partial charge on any atom is -0.394 e. The maximum Gasteiger partial charge on any atom is 0.254 e. The number of halogens is 1. The molecule has 3 N–H and O–H groups in total. The van der Waals surface area contributed by atoms with Crippen LogP contribution in [-0.4, -0.2) is 28.3 Å². The average Bonchev–Trinajstić information content (AvgIpc) is 2.73. The normalized spacial score (nSPS) is 19.6. The lowest BCUT2D eigenvalue weighted by molar-refractivity contribution is -0.132. The number of benzene rings is 1. The Labute approximate surface area is 124 Å². The van der Waals surface area contributed by atoms with Crippen molar-refractivity contribution in [1.82, 2.24) is 5.32 Å². The molecule has 4 nitrogen and oxygen atoms in total. The summed E-state index contributed by atoms with van der Waals surface area (Å²) >= 11 is 0. The van der Waals surface area contributed by atoms with Gasteiger partial charge >= 0.3 is 0 Å². The second kappa shape index (κ2) is 7.00. The first kappa shape index (κ1) is 15.9. The van der Waals surface area contributed by atoms with Gasteiger partial charge in [-0.3, -0.25) is 4.79 Å². The van der Waals surface area contributed by atoms with Gasteiger partial charge in [-0.15, -0.1) is 0 Å². The molecule has 0 unspecified atom stereocenters. The quantitative estimate of drug-likeness (QED) is 0.745. The van der Waals surface area contributed by atoms with Crippen molar-refractivity contribution in [3.8, 4) is 0 Å². The Balaban J connectivity index is 2.10. The minimum absolute atomic E-state index is 0.0447. The summed E-state index contributed by atoms with van der Waals surface area (Å²) in [6, 6.07) is 5.67. The van der Waals surface area contributed by atoms with Crippen molar-refractivity contribution < 1.29 is 19.4 Å². The number of aliphatic hydroxyl groups excluding tert-OH is 2. The molecule has 0 radical (unpaired) electrons. The van der Waals surface area contributed by atoms with Gasteiger partial charge in [0.2, 0.25) is 0 Å². The number of nitrogens with one attached hydrogen (secondary N) is 1. The molecule has 0 bridgehead atoms. The van der Waals surface area contributed by atoms with Crippen LogP contribution in [0.3, 0.4) is 0 Å². The number of carbonyl (C=O) groups excluding carboxylic acids is 1. The van der Waals surface area contributed by atoms with Gasteiger partial charge in [0.1, 0.15) is 5.82 Å². The largest absolute Gasteiger partial charge is 0.394 e. The number of aliphatic hydroxyl groups is 2. The molecular formula is C16H22FNO3. The van der Waals surface area contributed by atoms with Gasteiger partial charge in [0.15, 0.2) is 6.10 Å². The molecule has 21 heavy (non-hydrogen) atoms. The van der Waals surface area contributed by atoms with Crippen molar-refractivity contribution >= 4 is 5.91 Å². The monoisotopic (exact) mass is 295 g/mol. The summed E-state index contributed by atoms with van der Waals surface area (Å²) in [6.07, 6.45) is 3.81. The standard InChI is InChI=1S/C16H22FNO3/c17-13-8-4-3-7-12(13)14(20)15(21)18-16(11-19)9-5-1-2-6-10-16/h3-4,7-8,14,19-20H,1-2,5-6,9-11H2,(H,18,21)/t14-/m0/s1. The highest BCUT2D eigenvalue weighted by atomic mass is 19.1. The SMILES string of the molecule is O=C(NC1(CO)CCCCCC1)[C@@H](O)c1ccccc1F. The van der Waals surface area contributed by atoms with E-state index in [1.807, 2.05) is 0 Å². The van der Waals surface area contributed by atoms with Crippen LogP contribution in [0.25, 0.3) is 0 Å². The molecule has 1 aliphatic rings. The van der Waals surface area contributed by atoms with E-state index in [0.29, 0.717) is 12.8 Å². The summed E-state index contributed by atoms with van der Waals surface area (Å²) in [5, 5.41) is 22.4. The van der Waals surface area contributed by atoms with E-state index in [-0.39, 0.29) is 12.2 Å². The van der Waals surface area contributed by atoms with E-state index in [2.05, 4.69) is 5.32 Å². The van der Waals surface area contributed by atoms with E-state index in [9.17, 15) is 19.4 Å². The molecule has 1 aliphatic carbocycles. The van der Waals surface area contributed by atoms with Crippen LogP contribution in [0.5, 0.6) is 0 Å². The van der Waals surface area contributed by atoms with E-state index in [0.717, 1.165) is 25.7 Å². The molecule has 5 heteroatoms. The highest BCUT2D eigenvalue weighted by molar-refractivity contribution is 5.82. The van der Waals surface area contributed by atoms with E-state index in [1.165, 1.54) is 18.2 Å². The van der Waals surface area contributed by atoms with Crippen molar-refractivity contribution in [1.29, 1.82) is 0 Å². The van der Waals surface area contributed by atoms with Gasteiger partial charge in [0.05, 0.1) is 12.1 Å². The minimum atomic E-state index is -1.56. The van der Waals surface area contributed by atoms with E-state index < -0.39 is 23.4 Å². The molecule has 0 spiro atoms. The van der Waals surface area contributed by atoms with Crippen LogP contribution < -0.4 is 5.32 Å². The van der Waals surface area contributed by atoms with Crippen molar-refractivity contribution in [2.24, 2.45) is 0 Å². The number of hydrogen-bond acceptors (Lipinski definition) is 3. The molecule has 2 rings (SSSR count). The van der Waals surface area contributed by atoms with E-state index >= 15 is 0 Å². The Morgan fingerprint density at radius 2 is 1.86 bits per heavy atom. The first-order chi connectivity index (χ1) is 10.1. The average molecular weight is 295 g/mol. The number of amides is 1. The van der Waals surface area contributed by atoms with Crippen LogP contribution in [0.15, 0.2) is 24.3 Å². The molecular weight excluding hydrogens is 273 g/mol. The molecule has 1 amide bonds. The summed E-state index contributed by atoms with van der Waals surface area (Å²) in [7, 11) is 0. The van der Waals surface area contributed by atoms with Gasteiger partial charge in [0.25, 0.3) is 5.91 Å². The maximum absolute atomic E-state index is 13.6. The van der Waals surface area contributed by atoms with Crippen LogP contribution >= 0.6 is 0 Å². The molecule has 0 aliphatic heterocycles. The molecule has 0 heterocycles. The Kier molecular flexibility index (Phi) is 5.31. The molecule has 1 aromatic rings. The third-order valence-corrected chi connectivity index (χ3v) is 4.20. The topological polar surface area (TPSA) is 69.6 Å². The summed E-state index contributed by atoms with van der Waals surface area (Å²) in [4.78, 5) is 12.2. The van der Waals surface area contributed by atoms with E-state index in [4.69, 9.17) is 0 Å². The third-order valence-electron chi connectivity index (χ3n) is 4.20. The Bertz CT molecular complexity index is 484. The Hall–Kier alpha value is -1.46. The fourth-order valence-corrected chi connectivity index (χ4v) is 2.90. The van der Waals surface area contributed by atoms with Crippen LogP contribution in [0.2, 0.25) is 0 Å². The van der Waals surface area contributed by atoms with Crippen LogP contribution in [-0.2, 0) is 4.79 Å². The third kappa shape index (κ3) is 3.80. The Morgan fingerprint density at radius 1 is 1.24 bits per heavy atom. The lowest BCUT2D eigenvalue weighted by Gasteiger charge is -2.33. The molecule has 1 aromatic carbocycles. The highest BCUT2D eigenvalue weighted by Crippen LogP contribution is 2.28. The zero-order chi connectivity index (χ0) is 15.3. The van der Waals surface area contributed by atoms with Crippen LogP contribution in [0.4, 0.5) is 4.39 Å². The maximum atomic E-state index is 13.6.